The van der Waals surface area contributed by atoms with Crippen LogP contribution in [0.2, 0.25) is 5.02 Å². The zero-order valence-electron chi connectivity index (χ0n) is 11.4. The molecule has 0 unspecified atom stereocenters. The van der Waals surface area contributed by atoms with Gasteiger partial charge in [0.15, 0.2) is 5.96 Å². The minimum atomic E-state index is 0.770. The predicted molar refractivity (Wildman–Crippen MR) is 81.6 cm³/mol. The van der Waals surface area contributed by atoms with E-state index in [1.54, 1.807) is 7.05 Å². The standard InChI is InChI=1S/C12H21ClN4S/c1-14-12(15-5-6-18-4)17(3)9-11-7-10(13)8-16(11)2/h7-8H,5-6,9H2,1-4H3,(H,14,15). The van der Waals surface area contributed by atoms with Gasteiger partial charge in [-0.15, -0.1) is 0 Å². The van der Waals surface area contributed by atoms with Crippen LogP contribution in [-0.2, 0) is 13.6 Å². The van der Waals surface area contributed by atoms with Gasteiger partial charge >= 0.3 is 0 Å². The Morgan fingerprint density at radius 3 is 2.83 bits per heavy atom. The summed E-state index contributed by atoms with van der Waals surface area (Å²) in [5, 5.41) is 4.10. The molecule has 0 spiro atoms. The van der Waals surface area contributed by atoms with E-state index in [0.717, 1.165) is 35.5 Å². The summed E-state index contributed by atoms with van der Waals surface area (Å²) in [5.74, 6) is 1.98. The van der Waals surface area contributed by atoms with Gasteiger partial charge in [0.2, 0.25) is 0 Å². The van der Waals surface area contributed by atoms with Gasteiger partial charge in [-0.25, -0.2) is 0 Å². The molecule has 18 heavy (non-hydrogen) atoms. The quantitative estimate of drug-likeness (QED) is 0.511. The van der Waals surface area contributed by atoms with Crippen molar-refractivity contribution in [1.29, 1.82) is 0 Å². The molecule has 0 fully saturated rings. The highest BCUT2D eigenvalue weighted by atomic mass is 35.5. The van der Waals surface area contributed by atoms with Gasteiger partial charge in [0.1, 0.15) is 0 Å². The molecule has 0 aromatic carbocycles. The molecule has 1 N–H and O–H groups in total. The number of hydrogen-bond acceptors (Lipinski definition) is 2. The van der Waals surface area contributed by atoms with Crippen LogP contribution >= 0.6 is 23.4 Å². The normalized spacial score (nSPS) is 11.7. The first kappa shape index (κ1) is 15.2. The second-order valence-corrected chi connectivity index (χ2v) is 5.51. The molecule has 0 aliphatic carbocycles. The minimum Gasteiger partial charge on any atom is -0.355 e. The lowest BCUT2D eigenvalue weighted by molar-refractivity contribution is 0.464. The Kier molecular flexibility index (Phi) is 6.43. The molecule has 0 saturated carbocycles. The molecule has 0 aliphatic rings. The first-order valence-electron chi connectivity index (χ1n) is 5.80. The van der Waals surface area contributed by atoms with Gasteiger partial charge in [-0.1, -0.05) is 11.6 Å². The zero-order valence-corrected chi connectivity index (χ0v) is 13.0. The second kappa shape index (κ2) is 7.59. The van der Waals surface area contributed by atoms with Crippen molar-refractivity contribution in [2.45, 2.75) is 6.54 Å². The van der Waals surface area contributed by atoms with E-state index >= 15 is 0 Å². The van der Waals surface area contributed by atoms with Gasteiger partial charge < -0.3 is 14.8 Å². The van der Waals surface area contributed by atoms with Crippen molar-refractivity contribution >= 4 is 29.3 Å². The average Bonchev–Trinajstić information content (AvgIpc) is 2.63. The van der Waals surface area contributed by atoms with E-state index in [9.17, 15) is 0 Å². The van der Waals surface area contributed by atoms with Crippen molar-refractivity contribution in [3.8, 4) is 0 Å². The monoisotopic (exact) mass is 288 g/mol. The van der Waals surface area contributed by atoms with Crippen molar-refractivity contribution in [2.24, 2.45) is 12.0 Å². The van der Waals surface area contributed by atoms with Gasteiger partial charge in [-0.3, -0.25) is 4.99 Å². The fourth-order valence-corrected chi connectivity index (χ4v) is 2.27. The van der Waals surface area contributed by atoms with Crippen LogP contribution in [0.3, 0.4) is 0 Å². The highest BCUT2D eigenvalue weighted by Crippen LogP contribution is 2.14. The van der Waals surface area contributed by atoms with Crippen molar-refractivity contribution in [3.63, 3.8) is 0 Å². The molecule has 0 radical (unpaired) electrons. The van der Waals surface area contributed by atoms with Crippen molar-refractivity contribution in [1.82, 2.24) is 14.8 Å². The van der Waals surface area contributed by atoms with E-state index in [0.29, 0.717) is 0 Å². The van der Waals surface area contributed by atoms with Gasteiger partial charge in [0.05, 0.1) is 11.6 Å². The summed E-state index contributed by atoms with van der Waals surface area (Å²) >= 11 is 7.80. The lowest BCUT2D eigenvalue weighted by Crippen LogP contribution is -2.39. The Balaban J connectivity index is 2.57. The van der Waals surface area contributed by atoms with Crippen LogP contribution in [0, 0.1) is 0 Å². The van der Waals surface area contributed by atoms with Crippen LogP contribution in [0.5, 0.6) is 0 Å². The first-order valence-corrected chi connectivity index (χ1v) is 7.57. The summed E-state index contributed by atoms with van der Waals surface area (Å²) in [5.41, 5.74) is 1.16. The SMILES string of the molecule is CN=C(NCCSC)N(C)Cc1cc(Cl)cn1C. The van der Waals surface area contributed by atoms with Crippen molar-refractivity contribution in [2.75, 3.05) is 32.6 Å². The molecule has 0 aliphatic heterocycles. The molecule has 1 rings (SSSR count). The third kappa shape index (κ3) is 4.46. The van der Waals surface area contributed by atoms with E-state index in [2.05, 4.69) is 21.5 Å². The van der Waals surface area contributed by atoms with Gasteiger partial charge in [0.25, 0.3) is 0 Å². The molecule has 0 amide bonds. The van der Waals surface area contributed by atoms with Gasteiger partial charge in [-0.2, -0.15) is 11.8 Å². The van der Waals surface area contributed by atoms with Crippen molar-refractivity contribution in [3.05, 3.63) is 23.0 Å². The van der Waals surface area contributed by atoms with Gasteiger partial charge in [-0.05, 0) is 12.3 Å². The number of aliphatic imine (C=N–C) groups is 1. The maximum atomic E-state index is 5.98. The zero-order chi connectivity index (χ0) is 13.5. The molecular formula is C12H21ClN4S. The lowest BCUT2D eigenvalue weighted by Gasteiger charge is -2.22. The van der Waals surface area contributed by atoms with E-state index in [4.69, 9.17) is 11.6 Å². The maximum absolute atomic E-state index is 5.98. The second-order valence-electron chi connectivity index (χ2n) is 4.08. The van der Waals surface area contributed by atoms with Crippen LogP contribution < -0.4 is 5.32 Å². The van der Waals surface area contributed by atoms with E-state index in [1.165, 1.54) is 0 Å². The number of thioether (sulfide) groups is 1. The summed E-state index contributed by atoms with van der Waals surface area (Å²) in [6, 6.07) is 1.98. The smallest absolute Gasteiger partial charge is 0.193 e. The number of aromatic nitrogens is 1. The minimum absolute atomic E-state index is 0.770. The van der Waals surface area contributed by atoms with Crippen LogP contribution in [0.4, 0.5) is 0 Å². The topological polar surface area (TPSA) is 32.6 Å². The first-order chi connectivity index (χ1) is 8.58. The maximum Gasteiger partial charge on any atom is 0.193 e. The number of rotatable bonds is 5. The highest BCUT2D eigenvalue weighted by molar-refractivity contribution is 7.98. The largest absolute Gasteiger partial charge is 0.355 e. The molecule has 0 saturated heterocycles. The number of guanidine groups is 1. The summed E-state index contributed by atoms with van der Waals surface area (Å²) in [6.07, 6.45) is 4.01. The molecule has 0 atom stereocenters. The van der Waals surface area contributed by atoms with Gasteiger partial charge in [0, 0.05) is 45.3 Å². The lowest BCUT2D eigenvalue weighted by atomic mass is 10.4. The fraction of sp³-hybridized carbons (Fsp3) is 0.583. The van der Waals surface area contributed by atoms with Crippen LogP contribution in [0.15, 0.2) is 17.3 Å². The molecule has 1 aromatic rings. The fourth-order valence-electron chi connectivity index (χ4n) is 1.69. The number of nitrogens with one attached hydrogen (secondary N) is 1. The van der Waals surface area contributed by atoms with E-state index < -0.39 is 0 Å². The Morgan fingerprint density at radius 1 is 1.61 bits per heavy atom. The predicted octanol–water partition coefficient (Wildman–Crippen LogP) is 2.05. The van der Waals surface area contributed by atoms with Crippen LogP contribution in [0.1, 0.15) is 5.69 Å². The van der Waals surface area contributed by atoms with E-state index in [1.807, 2.05) is 42.7 Å². The van der Waals surface area contributed by atoms with Crippen LogP contribution in [-0.4, -0.2) is 48.1 Å². The molecule has 6 heteroatoms. The van der Waals surface area contributed by atoms with Crippen LogP contribution in [0.25, 0.3) is 0 Å². The Morgan fingerprint density at radius 2 is 2.33 bits per heavy atom. The molecule has 1 heterocycles. The number of aryl methyl sites for hydroxylation is 1. The third-order valence-electron chi connectivity index (χ3n) is 2.64. The Bertz CT molecular complexity index is 403. The Hall–Kier alpha value is -0.810. The molecule has 4 nitrogen and oxygen atoms in total. The summed E-state index contributed by atoms with van der Waals surface area (Å²) in [4.78, 5) is 6.36. The summed E-state index contributed by atoms with van der Waals surface area (Å²) in [6.45, 7) is 1.70. The number of hydrogen-bond donors (Lipinski definition) is 1. The third-order valence-corrected chi connectivity index (χ3v) is 3.46. The number of halogens is 1. The Labute approximate surface area is 118 Å². The van der Waals surface area contributed by atoms with Crippen molar-refractivity contribution < 1.29 is 0 Å². The van der Waals surface area contributed by atoms with E-state index in [-0.39, 0.29) is 0 Å². The molecule has 0 bridgehead atoms. The molecule has 102 valence electrons. The molecule has 1 aromatic heterocycles. The summed E-state index contributed by atoms with van der Waals surface area (Å²) in [7, 11) is 5.82. The highest BCUT2D eigenvalue weighted by Gasteiger charge is 2.09. The summed E-state index contributed by atoms with van der Waals surface area (Å²) < 4.78 is 2.04. The molecular weight excluding hydrogens is 268 g/mol. The average molecular weight is 289 g/mol. The number of nitrogens with zero attached hydrogens (tertiary/aromatic N) is 3.